The lowest BCUT2D eigenvalue weighted by molar-refractivity contribution is -0.137. The molecule has 1 atom stereocenters. The van der Waals surface area contributed by atoms with Crippen LogP contribution < -0.4 is 9.62 Å². The molecule has 3 N–H and O–H groups in total. The highest BCUT2D eigenvalue weighted by atomic mass is 32.2. The maximum absolute atomic E-state index is 13.3. The molecule has 1 fully saturated rings. The molecule has 0 aliphatic carbocycles. The van der Waals surface area contributed by atoms with E-state index < -0.39 is 33.8 Å². The molecule has 0 unspecified atom stereocenters. The first-order chi connectivity index (χ1) is 14.9. The second-order valence-corrected chi connectivity index (χ2v) is 9.21. The minimum absolute atomic E-state index is 0.148. The average Bonchev–Trinajstić information content (AvgIpc) is 2.72. The number of nitrogens with zero attached hydrogens (tertiary/aromatic N) is 1. The van der Waals surface area contributed by atoms with Crippen LogP contribution in [0.1, 0.15) is 41.3 Å². The van der Waals surface area contributed by atoms with Crippen LogP contribution in [0, 0.1) is 0 Å². The number of hydrogen-bond acceptors (Lipinski definition) is 5. The number of benzene rings is 2. The zero-order valence-corrected chi connectivity index (χ0v) is 18.0. The van der Waals surface area contributed by atoms with Crippen LogP contribution in [-0.4, -0.2) is 43.8 Å². The largest absolute Gasteiger partial charge is 0.478 e. The second-order valence-electron chi connectivity index (χ2n) is 7.56. The summed E-state index contributed by atoms with van der Waals surface area (Å²) in [6, 6.07) is 6.36. The van der Waals surface area contributed by atoms with E-state index in [0.717, 1.165) is 12.1 Å². The van der Waals surface area contributed by atoms with Gasteiger partial charge in [-0.3, -0.25) is 4.72 Å². The first-order valence-corrected chi connectivity index (χ1v) is 11.4. The van der Waals surface area contributed by atoms with Gasteiger partial charge in [0.15, 0.2) is 0 Å². The molecule has 1 aliphatic heterocycles. The maximum Gasteiger partial charge on any atom is 0.416 e. The molecular formula is C21H23F3N2O5S. The predicted octanol–water partition coefficient (Wildman–Crippen LogP) is 3.73. The fourth-order valence-corrected chi connectivity index (χ4v) is 5.08. The zero-order chi connectivity index (χ0) is 23.7. The molecule has 174 valence electrons. The zero-order valence-electron chi connectivity index (χ0n) is 17.2. The molecule has 3 rings (SSSR count). The molecule has 1 heterocycles. The Morgan fingerprint density at radius 3 is 2.53 bits per heavy atom. The molecule has 2 aromatic carbocycles. The van der Waals surface area contributed by atoms with Crippen LogP contribution in [0.2, 0.25) is 0 Å². The minimum atomic E-state index is -4.70. The van der Waals surface area contributed by atoms with E-state index in [1.165, 1.54) is 18.2 Å². The first-order valence-electron chi connectivity index (χ1n) is 9.95. The highest BCUT2D eigenvalue weighted by molar-refractivity contribution is 7.92. The van der Waals surface area contributed by atoms with Gasteiger partial charge in [-0.15, -0.1) is 0 Å². The normalized spacial score (nSPS) is 17.3. The molecule has 7 nitrogen and oxygen atoms in total. The summed E-state index contributed by atoms with van der Waals surface area (Å²) in [5, 5.41) is 19.2. The van der Waals surface area contributed by atoms with Crippen molar-refractivity contribution in [3.63, 3.8) is 0 Å². The number of carboxylic acid groups (broad SMARTS) is 1. The van der Waals surface area contributed by atoms with Gasteiger partial charge in [-0.05, 0) is 55.2 Å². The van der Waals surface area contributed by atoms with Crippen LogP contribution >= 0.6 is 0 Å². The molecule has 1 saturated heterocycles. The summed E-state index contributed by atoms with van der Waals surface area (Å²) >= 11 is 0. The summed E-state index contributed by atoms with van der Waals surface area (Å²) in [4.78, 5) is 12.6. The average molecular weight is 472 g/mol. The van der Waals surface area contributed by atoms with E-state index in [1.54, 1.807) is 11.8 Å². The number of nitrogens with one attached hydrogen (secondary N) is 1. The standard InChI is InChI=1S/C21H23F3N2O5S/c1-2-13-5-6-14(20(28)29)10-19(13)32(30,31)25-17-11-15(21(22,23)24)7-8-18(17)26-9-3-4-16(27)12-26/h5-8,10-11,16,25,27H,2-4,9,12H2,1H3,(H,28,29)/t16-/m0/s1. The van der Waals surface area contributed by atoms with E-state index in [0.29, 0.717) is 31.0 Å². The number of aliphatic hydroxyl groups excluding tert-OH is 1. The number of carboxylic acids is 1. The quantitative estimate of drug-likeness (QED) is 0.592. The van der Waals surface area contributed by atoms with Crippen molar-refractivity contribution >= 4 is 27.4 Å². The number of halogens is 3. The lowest BCUT2D eigenvalue weighted by Gasteiger charge is -2.33. The van der Waals surface area contributed by atoms with Crippen molar-refractivity contribution in [1.29, 1.82) is 0 Å². The fourth-order valence-electron chi connectivity index (χ4n) is 3.67. The van der Waals surface area contributed by atoms with Crippen molar-refractivity contribution < 1.29 is 36.6 Å². The van der Waals surface area contributed by atoms with Gasteiger partial charge in [0.25, 0.3) is 10.0 Å². The van der Waals surface area contributed by atoms with E-state index in [4.69, 9.17) is 0 Å². The van der Waals surface area contributed by atoms with Gasteiger partial charge in [0.1, 0.15) is 0 Å². The molecule has 1 aliphatic rings. The Kier molecular flexibility index (Phi) is 6.70. The number of carbonyl (C=O) groups is 1. The monoisotopic (exact) mass is 472 g/mol. The van der Waals surface area contributed by atoms with Crippen molar-refractivity contribution in [1.82, 2.24) is 0 Å². The van der Waals surface area contributed by atoms with E-state index in [2.05, 4.69) is 4.72 Å². The van der Waals surface area contributed by atoms with Crippen molar-refractivity contribution in [2.75, 3.05) is 22.7 Å². The van der Waals surface area contributed by atoms with Gasteiger partial charge in [-0.1, -0.05) is 13.0 Å². The molecule has 0 radical (unpaired) electrons. The summed E-state index contributed by atoms with van der Waals surface area (Å²) < 4.78 is 68.5. The minimum Gasteiger partial charge on any atom is -0.478 e. The number of hydrogen-bond donors (Lipinski definition) is 3. The second kappa shape index (κ2) is 8.99. The van der Waals surface area contributed by atoms with Gasteiger partial charge in [-0.2, -0.15) is 13.2 Å². The third kappa shape index (κ3) is 5.16. The van der Waals surface area contributed by atoms with Gasteiger partial charge in [0, 0.05) is 13.1 Å². The highest BCUT2D eigenvalue weighted by Crippen LogP contribution is 2.37. The Balaban J connectivity index is 2.10. The number of anilines is 2. The Hall–Kier alpha value is -2.79. The van der Waals surface area contributed by atoms with Crippen molar-refractivity contribution in [3.8, 4) is 0 Å². The Bertz CT molecular complexity index is 1120. The van der Waals surface area contributed by atoms with E-state index >= 15 is 0 Å². The molecule has 0 aromatic heterocycles. The number of alkyl halides is 3. The lowest BCUT2D eigenvalue weighted by atomic mass is 10.1. The SMILES string of the molecule is CCc1ccc(C(=O)O)cc1S(=O)(=O)Nc1cc(C(F)(F)F)ccc1N1CCC[C@H](O)C1. The fraction of sp³-hybridized carbons (Fsp3) is 0.381. The van der Waals surface area contributed by atoms with Crippen LogP contribution in [-0.2, 0) is 22.6 Å². The topological polar surface area (TPSA) is 107 Å². The molecular weight excluding hydrogens is 449 g/mol. The summed E-state index contributed by atoms with van der Waals surface area (Å²) in [6.45, 7) is 2.26. The van der Waals surface area contributed by atoms with Crippen molar-refractivity contribution in [3.05, 3.63) is 53.1 Å². The van der Waals surface area contributed by atoms with Gasteiger partial charge < -0.3 is 15.1 Å². The number of aryl methyl sites for hydroxylation is 1. The van der Waals surface area contributed by atoms with Crippen LogP contribution in [0.25, 0.3) is 0 Å². The van der Waals surface area contributed by atoms with Crippen molar-refractivity contribution in [2.45, 2.75) is 43.4 Å². The molecule has 2 aromatic rings. The Labute approximate surface area is 183 Å². The molecule has 11 heteroatoms. The predicted molar refractivity (Wildman–Crippen MR) is 112 cm³/mol. The number of aliphatic hydroxyl groups is 1. The summed E-state index contributed by atoms with van der Waals surface area (Å²) in [6.07, 6.45) is -3.98. The number of piperidine rings is 1. The number of aromatic carboxylic acids is 1. The number of sulfonamides is 1. The first kappa shape index (κ1) is 23.9. The number of β-amino-alcohol motifs (C(OH)–C–C–N with tert-alkyl or cyclic N) is 1. The summed E-state index contributed by atoms with van der Waals surface area (Å²) in [5.74, 6) is -1.33. The molecule has 0 spiro atoms. The summed E-state index contributed by atoms with van der Waals surface area (Å²) in [5.41, 5.74) is -1.06. The molecule has 32 heavy (non-hydrogen) atoms. The Morgan fingerprint density at radius 1 is 1.22 bits per heavy atom. The van der Waals surface area contributed by atoms with Crippen LogP contribution in [0.15, 0.2) is 41.3 Å². The van der Waals surface area contributed by atoms with E-state index in [-0.39, 0.29) is 34.8 Å². The smallest absolute Gasteiger partial charge is 0.416 e. The van der Waals surface area contributed by atoms with Gasteiger partial charge in [0.05, 0.1) is 33.5 Å². The van der Waals surface area contributed by atoms with Crippen molar-refractivity contribution in [2.24, 2.45) is 0 Å². The third-order valence-electron chi connectivity index (χ3n) is 5.29. The lowest BCUT2D eigenvalue weighted by Crippen LogP contribution is -2.38. The summed E-state index contributed by atoms with van der Waals surface area (Å²) in [7, 11) is -4.42. The number of rotatable bonds is 6. The van der Waals surface area contributed by atoms with E-state index in [9.17, 15) is 36.6 Å². The third-order valence-corrected chi connectivity index (χ3v) is 6.74. The molecule has 0 amide bonds. The van der Waals surface area contributed by atoms with Crippen LogP contribution in [0.4, 0.5) is 24.5 Å². The van der Waals surface area contributed by atoms with Gasteiger partial charge in [0.2, 0.25) is 0 Å². The molecule has 0 bridgehead atoms. The van der Waals surface area contributed by atoms with Gasteiger partial charge >= 0.3 is 12.1 Å². The highest BCUT2D eigenvalue weighted by Gasteiger charge is 2.33. The van der Waals surface area contributed by atoms with Crippen LogP contribution in [0.5, 0.6) is 0 Å². The maximum atomic E-state index is 13.3. The molecule has 0 saturated carbocycles. The Morgan fingerprint density at radius 2 is 1.94 bits per heavy atom. The van der Waals surface area contributed by atoms with Gasteiger partial charge in [-0.25, -0.2) is 13.2 Å². The van der Waals surface area contributed by atoms with Crippen LogP contribution in [0.3, 0.4) is 0 Å². The van der Waals surface area contributed by atoms with E-state index in [1.807, 2.05) is 0 Å².